The van der Waals surface area contributed by atoms with E-state index in [1.165, 1.54) is 23.0 Å². The number of nitrogens with one attached hydrogen (secondary N) is 1. The Hall–Kier alpha value is -4.64. The van der Waals surface area contributed by atoms with Gasteiger partial charge in [-0.15, -0.1) is 0 Å². The Bertz CT molecular complexity index is 1640. The SMILES string of the molecule is CCCOc1ccc(/C=N\NC(=O)CN(c2c(C)n(C)n(-c3ccccc3)c2=O)S(=O)(=O)c2ccccc2)cc1. The van der Waals surface area contributed by atoms with Gasteiger partial charge in [-0.05, 0) is 67.4 Å². The summed E-state index contributed by atoms with van der Waals surface area (Å²) in [6.07, 6.45) is 2.34. The van der Waals surface area contributed by atoms with Crippen LogP contribution in [0.1, 0.15) is 24.6 Å². The number of hydrogen-bond donors (Lipinski definition) is 1. The highest BCUT2D eigenvalue weighted by Gasteiger charge is 2.33. The Kier molecular flexibility index (Phi) is 8.85. The zero-order valence-electron chi connectivity index (χ0n) is 22.5. The van der Waals surface area contributed by atoms with Crippen molar-refractivity contribution < 1.29 is 17.9 Å². The van der Waals surface area contributed by atoms with Crippen LogP contribution in [0.2, 0.25) is 0 Å². The average molecular weight is 562 g/mol. The number of ether oxygens (including phenoxy) is 1. The lowest BCUT2D eigenvalue weighted by atomic mass is 10.2. The van der Waals surface area contributed by atoms with E-state index in [1.54, 1.807) is 85.4 Å². The molecular formula is C29H31N5O5S. The first-order valence-electron chi connectivity index (χ1n) is 12.7. The molecule has 0 saturated carbocycles. The van der Waals surface area contributed by atoms with Gasteiger partial charge in [0.1, 0.15) is 18.0 Å². The van der Waals surface area contributed by atoms with Crippen LogP contribution in [0, 0.1) is 6.92 Å². The molecule has 0 aliphatic carbocycles. The Morgan fingerprint density at radius 1 is 1.00 bits per heavy atom. The summed E-state index contributed by atoms with van der Waals surface area (Å²) in [7, 11) is -2.63. The molecule has 4 rings (SSSR count). The molecule has 1 amide bonds. The summed E-state index contributed by atoms with van der Waals surface area (Å²) in [5, 5.41) is 3.97. The maximum absolute atomic E-state index is 13.8. The van der Waals surface area contributed by atoms with Gasteiger partial charge in [-0.1, -0.05) is 43.3 Å². The average Bonchev–Trinajstić information content (AvgIpc) is 3.19. The topological polar surface area (TPSA) is 115 Å². The largest absolute Gasteiger partial charge is 0.494 e. The fraction of sp³-hybridized carbons (Fsp3) is 0.207. The second-order valence-corrected chi connectivity index (χ2v) is 10.8. The minimum atomic E-state index is -4.29. The molecule has 0 atom stereocenters. The van der Waals surface area contributed by atoms with Crippen LogP contribution in [0.25, 0.3) is 5.69 Å². The van der Waals surface area contributed by atoms with E-state index in [9.17, 15) is 18.0 Å². The number of nitrogens with zero attached hydrogens (tertiary/aromatic N) is 4. The predicted molar refractivity (Wildman–Crippen MR) is 155 cm³/mol. The van der Waals surface area contributed by atoms with Crippen LogP contribution in [-0.2, 0) is 21.9 Å². The fourth-order valence-electron chi connectivity index (χ4n) is 4.06. The lowest BCUT2D eigenvalue weighted by Gasteiger charge is -2.22. The van der Waals surface area contributed by atoms with Gasteiger partial charge in [0.15, 0.2) is 0 Å². The van der Waals surface area contributed by atoms with Crippen LogP contribution < -0.4 is 20.0 Å². The van der Waals surface area contributed by atoms with Crippen molar-refractivity contribution in [2.45, 2.75) is 25.2 Å². The number of sulfonamides is 1. The monoisotopic (exact) mass is 561 g/mol. The molecule has 0 aliphatic heterocycles. The molecule has 0 unspecified atom stereocenters. The summed E-state index contributed by atoms with van der Waals surface area (Å²) < 4.78 is 36.9. The van der Waals surface area contributed by atoms with Crippen molar-refractivity contribution in [1.82, 2.24) is 14.8 Å². The standard InChI is InChI=1S/C29H31N5O5S/c1-4-19-39-25-17-15-23(16-18-25)20-30-31-27(35)21-33(40(37,38)26-13-9-6-10-14-26)28-22(2)32(3)34(29(28)36)24-11-7-5-8-12-24/h5-18,20H,4,19,21H2,1-3H3,(H,31,35)/b30-20-. The Balaban J connectivity index is 1.64. The molecule has 0 radical (unpaired) electrons. The second kappa shape index (κ2) is 12.5. The van der Waals surface area contributed by atoms with Gasteiger partial charge >= 0.3 is 0 Å². The maximum Gasteiger partial charge on any atom is 0.296 e. The van der Waals surface area contributed by atoms with Gasteiger partial charge in [0.2, 0.25) is 0 Å². The van der Waals surface area contributed by atoms with Gasteiger partial charge in [0.05, 0.1) is 29.1 Å². The Labute approximate surface area is 233 Å². The van der Waals surface area contributed by atoms with Crippen LogP contribution in [-0.4, -0.2) is 43.1 Å². The number of benzene rings is 3. The molecule has 1 N–H and O–H groups in total. The highest BCUT2D eigenvalue weighted by molar-refractivity contribution is 7.92. The molecule has 0 saturated heterocycles. The van der Waals surface area contributed by atoms with E-state index in [0.29, 0.717) is 23.6 Å². The third-order valence-corrected chi connectivity index (χ3v) is 7.91. The summed E-state index contributed by atoms with van der Waals surface area (Å²) >= 11 is 0. The van der Waals surface area contributed by atoms with Gasteiger partial charge < -0.3 is 4.74 Å². The minimum absolute atomic E-state index is 0.0504. The molecule has 208 valence electrons. The van der Waals surface area contributed by atoms with Crippen LogP contribution in [0.15, 0.2) is 99.7 Å². The molecule has 10 nitrogen and oxygen atoms in total. The van der Waals surface area contributed by atoms with E-state index < -0.39 is 28.0 Å². The molecule has 1 aromatic heterocycles. The van der Waals surface area contributed by atoms with Crippen molar-refractivity contribution >= 4 is 27.8 Å². The molecule has 0 fully saturated rings. The van der Waals surface area contributed by atoms with Crippen molar-refractivity contribution in [3.05, 3.63) is 107 Å². The van der Waals surface area contributed by atoms with E-state index in [1.807, 2.05) is 13.0 Å². The minimum Gasteiger partial charge on any atom is -0.494 e. The molecule has 0 bridgehead atoms. The van der Waals surface area contributed by atoms with Crippen molar-refractivity contribution in [2.75, 3.05) is 17.5 Å². The number of hydrogen-bond acceptors (Lipinski definition) is 6. The van der Waals surface area contributed by atoms with Gasteiger partial charge in [-0.25, -0.2) is 22.8 Å². The number of anilines is 1. The first-order valence-corrected chi connectivity index (χ1v) is 14.1. The fourth-order valence-corrected chi connectivity index (χ4v) is 5.55. The smallest absolute Gasteiger partial charge is 0.296 e. The maximum atomic E-state index is 13.8. The molecule has 4 aromatic rings. The number of amides is 1. The quantitative estimate of drug-likeness (QED) is 0.222. The molecule has 11 heteroatoms. The van der Waals surface area contributed by atoms with Crippen molar-refractivity contribution in [2.24, 2.45) is 12.1 Å². The van der Waals surface area contributed by atoms with E-state index in [0.717, 1.165) is 16.5 Å². The molecule has 3 aromatic carbocycles. The van der Waals surface area contributed by atoms with Crippen LogP contribution in [0.5, 0.6) is 5.75 Å². The van der Waals surface area contributed by atoms with E-state index in [2.05, 4.69) is 10.5 Å². The zero-order chi connectivity index (χ0) is 28.7. The second-order valence-electron chi connectivity index (χ2n) is 8.95. The number of carbonyl (C=O) groups is 1. The highest BCUT2D eigenvalue weighted by Crippen LogP contribution is 2.25. The normalized spacial score (nSPS) is 11.5. The summed E-state index contributed by atoms with van der Waals surface area (Å²) in [5.41, 5.74) is 3.31. The third kappa shape index (κ3) is 6.15. The third-order valence-electron chi connectivity index (χ3n) is 6.15. The number of carbonyl (C=O) groups excluding carboxylic acids is 1. The zero-order valence-corrected chi connectivity index (χ0v) is 23.3. The molecular weight excluding hydrogens is 530 g/mol. The summed E-state index contributed by atoms with van der Waals surface area (Å²) in [6, 6.07) is 23.7. The Morgan fingerprint density at radius 3 is 2.25 bits per heavy atom. The number of para-hydroxylation sites is 1. The van der Waals surface area contributed by atoms with Gasteiger partial charge in [-0.2, -0.15) is 5.10 Å². The molecule has 0 spiro atoms. The van der Waals surface area contributed by atoms with E-state index in [4.69, 9.17) is 4.74 Å². The van der Waals surface area contributed by atoms with Gasteiger partial charge in [0, 0.05) is 7.05 Å². The number of rotatable bonds is 11. The van der Waals surface area contributed by atoms with E-state index in [-0.39, 0.29) is 10.6 Å². The molecule has 40 heavy (non-hydrogen) atoms. The number of hydrazone groups is 1. The first-order chi connectivity index (χ1) is 19.2. The summed E-state index contributed by atoms with van der Waals surface area (Å²) in [6.45, 7) is 3.61. The lowest BCUT2D eigenvalue weighted by Crippen LogP contribution is -2.42. The predicted octanol–water partition coefficient (Wildman–Crippen LogP) is 3.62. The lowest BCUT2D eigenvalue weighted by molar-refractivity contribution is -0.119. The van der Waals surface area contributed by atoms with Crippen molar-refractivity contribution in [3.63, 3.8) is 0 Å². The van der Waals surface area contributed by atoms with Gasteiger partial charge in [0.25, 0.3) is 21.5 Å². The van der Waals surface area contributed by atoms with Crippen molar-refractivity contribution in [3.8, 4) is 11.4 Å². The van der Waals surface area contributed by atoms with Gasteiger partial charge in [-0.3, -0.25) is 14.3 Å². The van der Waals surface area contributed by atoms with Crippen LogP contribution >= 0.6 is 0 Å². The number of aromatic nitrogens is 2. The molecule has 0 aliphatic rings. The van der Waals surface area contributed by atoms with Crippen molar-refractivity contribution in [1.29, 1.82) is 0 Å². The first kappa shape index (κ1) is 28.4. The summed E-state index contributed by atoms with van der Waals surface area (Å²) in [5.74, 6) is 0.0109. The summed E-state index contributed by atoms with van der Waals surface area (Å²) in [4.78, 5) is 26.6. The molecule has 1 heterocycles. The highest BCUT2D eigenvalue weighted by atomic mass is 32.2. The van der Waals surface area contributed by atoms with Crippen LogP contribution in [0.4, 0.5) is 5.69 Å². The Morgan fingerprint density at radius 2 is 1.62 bits per heavy atom. The van der Waals surface area contributed by atoms with E-state index >= 15 is 0 Å². The van der Waals surface area contributed by atoms with Crippen LogP contribution in [0.3, 0.4) is 0 Å².